The molecule has 0 saturated carbocycles. The van der Waals surface area contributed by atoms with Crippen LogP contribution in [-0.2, 0) is 23.5 Å². The monoisotopic (exact) mass is 311 g/mol. The predicted molar refractivity (Wildman–Crippen MR) is 92.8 cm³/mol. The molecule has 1 atom stereocenters. The highest BCUT2D eigenvalue weighted by Crippen LogP contribution is 2.23. The van der Waals surface area contributed by atoms with Crippen LogP contribution >= 0.6 is 11.8 Å². The fourth-order valence-corrected chi connectivity index (χ4v) is 3.73. The second kappa shape index (κ2) is 7.01. The van der Waals surface area contributed by atoms with E-state index in [4.69, 9.17) is 0 Å². The van der Waals surface area contributed by atoms with Gasteiger partial charge in [0, 0.05) is 18.8 Å². The van der Waals surface area contributed by atoms with E-state index < -0.39 is 0 Å². The number of benzene rings is 2. The number of rotatable bonds is 4. The van der Waals surface area contributed by atoms with E-state index >= 15 is 0 Å². The van der Waals surface area contributed by atoms with Crippen molar-refractivity contribution >= 4 is 17.7 Å². The summed E-state index contributed by atoms with van der Waals surface area (Å²) in [5.74, 6) is 1.15. The van der Waals surface area contributed by atoms with Gasteiger partial charge in [-0.2, -0.15) is 0 Å². The van der Waals surface area contributed by atoms with Crippen molar-refractivity contribution in [1.29, 1.82) is 0 Å². The van der Waals surface area contributed by atoms with Crippen molar-refractivity contribution in [2.45, 2.75) is 30.9 Å². The second-order valence-electron chi connectivity index (χ2n) is 5.72. The van der Waals surface area contributed by atoms with Crippen LogP contribution in [0.2, 0.25) is 0 Å². The van der Waals surface area contributed by atoms with Crippen molar-refractivity contribution in [2.75, 3.05) is 6.54 Å². The van der Waals surface area contributed by atoms with Crippen LogP contribution < -0.4 is 0 Å². The highest BCUT2D eigenvalue weighted by Gasteiger charge is 2.24. The Balaban J connectivity index is 1.57. The molecule has 3 heteroatoms. The smallest absolute Gasteiger partial charge is 0.235 e. The molecule has 2 nitrogen and oxygen atoms in total. The molecule has 0 N–H and O–H groups in total. The summed E-state index contributed by atoms with van der Waals surface area (Å²) in [7, 11) is 0. The molecule has 2 aromatic rings. The van der Waals surface area contributed by atoms with Gasteiger partial charge in [0.1, 0.15) is 0 Å². The van der Waals surface area contributed by atoms with Gasteiger partial charge in [0.25, 0.3) is 0 Å². The minimum Gasteiger partial charge on any atom is -0.337 e. The van der Waals surface area contributed by atoms with Crippen molar-refractivity contribution in [3.63, 3.8) is 0 Å². The van der Waals surface area contributed by atoms with Crippen molar-refractivity contribution in [3.8, 4) is 0 Å². The number of hydrogen-bond acceptors (Lipinski definition) is 2. The molecular formula is C19H21NOS. The van der Waals surface area contributed by atoms with Gasteiger partial charge in [0.2, 0.25) is 5.91 Å². The lowest BCUT2D eigenvalue weighted by atomic mass is 10.00. The molecule has 1 amide bonds. The predicted octanol–water partition coefficient (Wildman–Crippen LogP) is 3.89. The molecule has 22 heavy (non-hydrogen) atoms. The lowest BCUT2D eigenvalue weighted by molar-refractivity contribution is -0.131. The molecule has 1 unspecified atom stereocenters. The summed E-state index contributed by atoms with van der Waals surface area (Å²) in [5, 5.41) is 0.00506. The first-order valence-electron chi connectivity index (χ1n) is 7.75. The third-order valence-corrected chi connectivity index (χ3v) is 5.33. The Morgan fingerprint density at radius 1 is 1.09 bits per heavy atom. The first kappa shape index (κ1) is 15.2. The van der Waals surface area contributed by atoms with Gasteiger partial charge < -0.3 is 4.90 Å². The zero-order chi connectivity index (χ0) is 15.4. The molecule has 1 aliphatic heterocycles. The van der Waals surface area contributed by atoms with Crippen LogP contribution in [0.25, 0.3) is 0 Å². The van der Waals surface area contributed by atoms with E-state index in [1.54, 1.807) is 11.8 Å². The number of amides is 1. The molecule has 0 aliphatic carbocycles. The molecule has 0 aromatic heterocycles. The molecule has 0 spiro atoms. The molecular weight excluding hydrogens is 290 g/mol. The maximum absolute atomic E-state index is 12.6. The summed E-state index contributed by atoms with van der Waals surface area (Å²) in [5.41, 5.74) is 3.95. The zero-order valence-corrected chi connectivity index (χ0v) is 13.7. The molecule has 1 aliphatic rings. The van der Waals surface area contributed by atoms with Crippen LogP contribution in [0.4, 0.5) is 0 Å². The normalized spacial score (nSPS) is 15.2. The minimum atomic E-state index is 0.00506. The standard InChI is InChI=1S/C19H21NOS/c1-15(22-14-16-7-3-2-4-8-16)19(21)20-12-11-17-9-5-6-10-18(17)13-20/h2-10,15H,11-14H2,1H3. The van der Waals surface area contributed by atoms with Crippen LogP contribution in [0.3, 0.4) is 0 Å². The van der Waals surface area contributed by atoms with Crippen molar-refractivity contribution in [1.82, 2.24) is 4.90 Å². The Hall–Kier alpha value is -1.74. The van der Waals surface area contributed by atoms with Crippen LogP contribution in [0.1, 0.15) is 23.6 Å². The van der Waals surface area contributed by atoms with Crippen molar-refractivity contribution < 1.29 is 4.79 Å². The lowest BCUT2D eigenvalue weighted by Gasteiger charge is -2.30. The van der Waals surface area contributed by atoms with Crippen molar-refractivity contribution in [3.05, 3.63) is 71.3 Å². The lowest BCUT2D eigenvalue weighted by Crippen LogP contribution is -2.40. The topological polar surface area (TPSA) is 20.3 Å². The van der Waals surface area contributed by atoms with Gasteiger partial charge in [-0.05, 0) is 30.0 Å². The van der Waals surface area contributed by atoms with Gasteiger partial charge in [0.05, 0.1) is 5.25 Å². The average molecular weight is 311 g/mol. The SMILES string of the molecule is CC(SCc1ccccc1)C(=O)N1CCc2ccccc2C1. The van der Waals surface area contributed by atoms with Gasteiger partial charge in [0.15, 0.2) is 0 Å². The number of fused-ring (bicyclic) bond motifs is 1. The first-order valence-corrected chi connectivity index (χ1v) is 8.80. The summed E-state index contributed by atoms with van der Waals surface area (Å²) in [6.07, 6.45) is 0.970. The molecule has 1 heterocycles. The van der Waals surface area contributed by atoms with Gasteiger partial charge in [-0.1, -0.05) is 54.6 Å². The Morgan fingerprint density at radius 3 is 2.55 bits per heavy atom. The van der Waals surface area contributed by atoms with Gasteiger partial charge in [-0.25, -0.2) is 0 Å². The van der Waals surface area contributed by atoms with E-state index in [2.05, 4.69) is 36.4 Å². The van der Waals surface area contributed by atoms with Gasteiger partial charge >= 0.3 is 0 Å². The fraction of sp³-hybridized carbons (Fsp3) is 0.316. The average Bonchev–Trinajstić information content (AvgIpc) is 2.59. The Labute approximate surface area is 136 Å². The summed E-state index contributed by atoms with van der Waals surface area (Å²) >= 11 is 1.72. The number of thioether (sulfide) groups is 1. The first-order chi connectivity index (χ1) is 10.7. The largest absolute Gasteiger partial charge is 0.337 e. The molecule has 114 valence electrons. The summed E-state index contributed by atoms with van der Waals surface area (Å²) in [4.78, 5) is 14.6. The van der Waals surface area contributed by atoms with Gasteiger partial charge in [-0.3, -0.25) is 4.79 Å². The Bertz CT molecular complexity index is 641. The summed E-state index contributed by atoms with van der Waals surface area (Å²) < 4.78 is 0. The van der Waals surface area contributed by atoms with E-state index in [0.29, 0.717) is 0 Å². The summed E-state index contributed by atoms with van der Waals surface area (Å²) in [6, 6.07) is 18.8. The third kappa shape index (κ3) is 3.53. The van der Waals surface area contributed by atoms with Gasteiger partial charge in [-0.15, -0.1) is 11.8 Å². The van der Waals surface area contributed by atoms with E-state index in [1.807, 2.05) is 30.0 Å². The van der Waals surface area contributed by atoms with Crippen LogP contribution in [0.15, 0.2) is 54.6 Å². The number of carbonyl (C=O) groups excluding carboxylic acids is 1. The van der Waals surface area contributed by atoms with Crippen LogP contribution in [0.5, 0.6) is 0 Å². The molecule has 0 saturated heterocycles. The number of hydrogen-bond donors (Lipinski definition) is 0. The molecule has 0 radical (unpaired) electrons. The molecule has 2 aromatic carbocycles. The van der Waals surface area contributed by atoms with E-state index in [0.717, 1.165) is 25.3 Å². The second-order valence-corrected chi connectivity index (χ2v) is 7.05. The minimum absolute atomic E-state index is 0.00506. The molecule has 3 rings (SSSR count). The number of nitrogens with zero attached hydrogens (tertiary/aromatic N) is 1. The fourth-order valence-electron chi connectivity index (χ4n) is 2.81. The third-order valence-electron chi connectivity index (χ3n) is 4.13. The van der Waals surface area contributed by atoms with E-state index in [1.165, 1.54) is 16.7 Å². The quantitative estimate of drug-likeness (QED) is 0.853. The zero-order valence-electron chi connectivity index (χ0n) is 12.9. The maximum Gasteiger partial charge on any atom is 0.235 e. The Morgan fingerprint density at radius 2 is 1.77 bits per heavy atom. The highest BCUT2D eigenvalue weighted by atomic mass is 32.2. The van der Waals surface area contributed by atoms with E-state index in [9.17, 15) is 4.79 Å². The molecule has 0 bridgehead atoms. The van der Waals surface area contributed by atoms with Crippen LogP contribution in [-0.4, -0.2) is 22.6 Å². The van der Waals surface area contributed by atoms with Crippen molar-refractivity contribution in [2.24, 2.45) is 0 Å². The maximum atomic E-state index is 12.6. The van der Waals surface area contributed by atoms with E-state index in [-0.39, 0.29) is 11.2 Å². The Kier molecular flexibility index (Phi) is 4.84. The highest BCUT2D eigenvalue weighted by molar-refractivity contribution is 7.99. The summed E-state index contributed by atoms with van der Waals surface area (Å²) in [6.45, 7) is 3.62. The molecule has 0 fully saturated rings. The number of carbonyl (C=O) groups is 1. The van der Waals surface area contributed by atoms with Crippen LogP contribution in [0, 0.1) is 0 Å².